The Morgan fingerprint density at radius 3 is 2.31 bits per heavy atom. The molecule has 13 heavy (non-hydrogen) atoms. The summed E-state index contributed by atoms with van der Waals surface area (Å²) in [5.74, 6) is 0. The van der Waals surface area contributed by atoms with Crippen LogP contribution in [-0.4, -0.2) is 23.9 Å². The number of aliphatic hydroxyl groups excluding tert-OH is 1. The summed E-state index contributed by atoms with van der Waals surface area (Å²) in [6, 6.07) is 0. The van der Waals surface area contributed by atoms with Crippen LogP contribution in [-0.2, 0) is 0 Å². The van der Waals surface area contributed by atoms with Gasteiger partial charge in [0.25, 0.3) is 0 Å². The highest BCUT2D eigenvalue weighted by molar-refractivity contribution is 4.81. The van der Waals surface area contributed by atoms with Gasteiger partial charge in [-0.2, -0.15) is 0 Å². The van der Waals surface area contributed by atoms with E-state index < -0.39 is 5.54 Å². The quantitative estimate of drug-likeness (QED) is 0.576. The standard InChI is InChI=1S/C10H22FNO/c1-2-10(12,9-13)7-5-3-4-6-8-11/h13H,2-9,12H2,1H3. The van der Waals surface area contributed by atoms with Gasteiger partial charge in [-0.25, -0.2) is 0 Å². The van der Waals surface area contributed by atoms with Gasteiger partial charge < -0.3 is 10.8 Å². The molecule has 0 saturated carbocycles. The number of rotatable bonds is 8. The Kier molecular flexibility index (Phi) is 7.19. The Morgan fingerprint density at radius 2 is 1.85 bits per heavy atom. The van der Waals surface area contributed by atoms with Crippen LogP contribution in [0.2, 0.25) is 0 Å². The fourth-order valence-electron chi connectivity index (χ4n) is 1.29. The van der Waals surface area contributed by atoms with E-state index in [0.29, 0.717) is 6.42 Å². The summed E-state index contributed by atoms with van der Waals surface area (Å²) >= 11 is 0. The van der Waals surface area contributed by atoms with Crippen LogP contribution in [0.4, 0.5) is 4.39 Å². The molecule has 0 aromatic rings. The van der Waals surface area contributed by atoms with Gasteiger partial charge in [-0.05, 0) is 19.3 Å². The van der Waals surface area contributed by atoms with E-state index in [2.05, 4.69) is 0 Å². The van der Waals surface area contributed by atoms with Crippen LogP contribution in [0.15, 0.2) is 0 Å². The minimum atomic E-state index is -0.407. The van der Waals surface area contributed by atoms with Crippen molar-refractivity contribution in [1.29, 1.82) is 0 Å². The maximum Gasteiger partial charge on any atom is 0.0894 e. The molecule has 0 amide bonds. The van der Waals surface area contributed by atoms with Crippen LogP contribution in [0.1, 0.15) is 45.4 Å². The second kappa shape index (κ2) is 7.27. The van der Waals surface area contributed by atoms with E-state index in [1.165, 1.54) is 0 Å². The molecule has 0 aliphatic carbocycles. The van der Waals surface area contributed by atoms with Gasteiger partial charge in [0, 0.05) is 5.54 Å². The van der Waals surface area contributed by atoms with Crippen molar-refractivity contribution in [2.45, 2.75) is 51.0 Å². The molecule has 0 spiro atoms. The second-order valence-corrected chi connectivity index (χ2v) is 3.73. The highest BCUT2D eigenvalue weighted by Gasteiger charge is 2.20. The van der Waals surface area contributed by atoms with Crippen LogP contribution in [0.5, 0.6) is 0 Å². The third-order valence-corrected chi connectivity index (χ3v) is 2.58. The molecule has 0 aromatic heterocycles. The summed E-state index contributed by atoms with van der Waals surface area (Å²) < 4.78 is 11.7. The van der Waals surface area contributed by atoms with Crippen molar-refractivity contribution in [3.63, 3.8) is 0 Å². The van der Waals surface area contributed by atoms with E-state index in [9.17, 15) is 4.39 Å². The summed E-state index contributed by atoms with van der Waals surface area (Å²) in [6.07, 6.45) is 5.23. The monoisotopic (exact) mass is 191 g/mol. The molecule has 80 valence electrons. The van der Waals surface area contributed by atoms with Crippen LogP contribution < -0.4 is 5.73 Å². The number of hydrogen-bond acceptors (Lipinski definition) is 2. The molecule has 0 aliphatic heterocycles. The van der Waals surface area contributed by atoms with Crippen molar-refractivity contribution in [2.24, 2.45) is 5.73 Å². The summed E-state index contributed by atoms with van der Waals surface area (Å²) in [5, 5.41) is 9.00. The lowest BCUT2D eigenvalue weighted by Gasteiger charge is -2.25. The van der Waals surface area contributed by atoms with Gasteiger partial charge in [0.15, 0.2) is 0 Å². The zero-order chi connectivity index (χ0) is 10.2. The molecule has 2 nitrogen and oxygen atoms in total. The third-order valence-electron chi connectivity index (χ3n) is 2.58. The Balaban J connectivity index is 3.39. The van der Waals surface area contributed by atoms with Crippen molar-refractivity contribution in [3.05, 3.63) is 0 Å². The summed E-state index contributed by atoms with van der Waals surface area (Å²) in [5.41, 5.74) is 5.48. The van der Waals surface area contributed by atoms with E-state index >= 15 is 0 Å². The average molecular weight is 191 g/mol. The summed E-state index contributed by atoms with van der Waals surface area (Å²) in [7, 11) is 0. The van der Waals surface area contributed by atoms with Gasteiger partial charge in [0.05, 0.1) is 13.3 Å². The molecule has 0 aromatic carbocycles. The third kappa shape index (κ3) is 5.99. The predicted molar refractivity (Wildman–Crippen MR) is 53.4 cm³/mol. The van der Waals surface area contributed by atoms with Crippen molar-refractivity contribution < 1.29 is 9.50 Å². The smallest absolute Gasteiger partial charge is 0.0894 e. The van der Waals surface area contributed by atoms with Crippen molar-refractivity contribution >= 4 is 0 Å². The van der Waals surface area contributed by atoms with Crippen molar-refractivity contribution in [2.75, 3.05) is 13.3 Å². The van der Waals surface area contributed by atoms with Crippen LogP contribution in [0.3, 0.4) is 0 Å². The first-order valence-electron chi connectivity index (χ1n) is 5.14. The SMILES string of the molecule is CCC(N)(CO)CCCCCCF. The Bertz CT molecular complexity index is 115. The first-order valence-corrected chi connectivity index (χ1v) is 5.14. The van der Waals surface area contributed by atoms with Gasteiger partial charge in [-0.15, -0.1) is 0 Å². The Labute approximate surface area is 80.3 Å². The molecule has 0 bridgehead atoms. The van der Waals surface area contributed by atoms with Crippen molar-refractivity contribution in [1.82, 2.24) is 0 Å². The van der Waals surface area contributed by atoms with Gasteiger partial charge in [0.2, 0.25) is 0 Å². The van der Waals surface area contributed by atoms with Gasteiger partial charge in [0.1, 0.15) is 0 Å². The van der Waals surface area contributed by atoms with E-state index in [0.717, 1.165) is 32.1 Å². The zero-order valence-corrected chi connectivity index (χ0v) is 8.56. The topological polar surface area (TPSA) is 46.2 Å². The summed E-state index contributed by atoms with van der Waals surface area (Å²) in [6.45, 7) is 1.81. The second-order valence-electron chi connectivity index (χ2n) is 3.73. The number of unbranched alkanes of at least 4 members (excludes halogenated alkanes) is 3. The number of aliphatic hydroxyl groups is 1. The van der Waals surface area contributed by atoms with Gasteiger partial charge >= 0.3 is 0 Å². The number of nitrogens with two attached hydrogens (primary N) is 1. The molecule has 1 unspecified atom stereocenters. The predicted octanol–water partition coefficient (Wildman–Crippen LogP) is 2.01. The average Bonchev–Trinajstić information content (AvgIpc) is 2.17. The first-order chi connectivity index (χ1) is 6.18. The lowest BCUT2D eigenvalue weighted by molar-refractivity contribution is 0.179. The lowest BCUT2D eigenvalue weighted by atomic mass is 9.91. The van der Waals surface area contributed by atoms with E-state index in [1.54, 1.807) is 0 Å². The number of halogens is 1. The highest BCUT2D eigenvalue weighted by atomic mass is 19.1. The minimum Gasteiger partial charge on any atom is -0.394 e. The largest absolute Gasteiger partial charge is 0.394 e. The Hall–Kier alpha value is -0.150. The zero-order valence-electron chi connectivity index (χ0n) is 8.56. The molecule has 0 saturated heterocycles. The molecular weight excluding hydrogens is 169 g/mol. The molecule has 3 N–H and O–H groups in total. The van der Waals surface area contributed by atoms with Crippen LogP contribution >= 0.6 is 0 Å². The molecule has 0 radical (unpaired) electrons. The van der Waals surface area contributed by atoms with Crippen LogP contribution in [0.25, 0.3) is 0 Å². The molecule has 0 heterocycles. The first kappa shape index (κ1) is 12.8. The molecule has 0 aliphatic rings. The normalized spacial score (nSPS) is 15.7. The minimum absolute atomic E-state index is 0.0482. The van der Waals surface area contributed by atoms with E-state index in [1.807, 2.05) is 6.92 Å². The number of hydrogen-bond donors (Lipinski definition) is 2. The molecule has 1 atom stereocenters. The van der Waals surface area contributed by atoms with Crippen molar-refractivity contribution in [3.8, 4) is 0 Å². The van der Waals surface area contributed by atoms with Gasteiger partial charge in [-0.1, -0.05) is 26.2 Å². The van der Waals surface area contributed by atoms with Crippen LogP contribution in [0, 0.1) is 0 Å². The van der Waals surface area contributed by atoms with Gasteiger partial charge in [-0.3, -0.25) is 4.39 Å². The molecule has 3 heteroatoms. The maximum absolute atomic E-state index is 11.7. The fourth-order valence-corrected chi connectivity index (χ4v) is 1.29. The highest BCUT2D eigenvalue weighted by Crippen LogP contribution is 2.15. The van der Waals surface area contributed by atoms with E-state index in [-0.39, 0.29) is 13.3 Å². The molecule has 0 fully saturated rings. The Morgan fingerprint density at radius 1 is 1.23 bits per heavy atom. The number of alkyl halides is 1. The fraction of sp³-hybridized carbons (Fsp3) is 1.00. The van der Waals surface area contributed by atoms with E-state index in [4.69, 9.17) is 10.8 Å². The summed E-state index contributed by atoms with van der Waals surface area (Å²) in [4.78, 5) is 0. The maximum atomic E-state index is 11.7. The lowest BCUT2D eigenvalue weighted by Crippen LogP contribution is -2.42. The molecule has 0 rings (SSSR count). The molecular formula is C10H22FNO.